The number of anilines is 2. The van der Waals surface area contributed by atoms with Gasteiger partial charge >= 0.3 is 0 Å². The Morgan fingerprint density at radius 2 is 1.88 bits per heavy atom. The van der Waals surface area contributed by atoms with Crippen molar-refractivity contribution in [2.45, 2.75) is 45.2 Å². The molecule has 2 fully saturated rings. The summed E-state index contributed by atoms with van der Waals surface area (Å²) < 4.78 is 11.6. The second-order valence-corrected chi connectivity index (χ2v) is 8.78. The van der Waals surface area contributed by atoms with Crippen LogP contribution < -0.4 is 25.0 Å². The highest BCUT2D eigenvalue weighted by molar-refractivity contribution is 5.95. The number of carbonyl (C=O) groups excluding carboxylic acids is 1. The summed E-state index contributed by atoms with van der Waals surface area (Å²) in [7, 11) is 0. The quantitative estimate of drug-likeness (QED) is 0.551. The smallest absolute Gasteiger partial charge is 0.227 e. The van der Waals surface area contributed by atoms with E-state index in [0.717, 1.165) is 60.2 Å². The Balaban J connectivity index is 1.28. The van der Waals surface area contributed by atoms with Crippen LogP contribution in [-0.4, -0.2) is 37.7 Å². The molecule has 5 rings (SSSR count). The highest BCUT2D eigenvalue weighted by Crippen LogP contribution is 2.33. The first kappa shape index (κ1) is 20.7. The molecule has 2 aliphatic heterocycles. The fourth-order valence-electron chi connectivity index (χ4n) is 4.07. The van der Waals surface area contributed by atoms with Crippen molar-refractivity contribution in [3.8, 4) is 11.5 Å². The predicted molar refractivity (Wildman–Crippen MR) is 126 cm³/mol. The van der Waals surface area contributed by atoms with E-state index in [4.69, 9.17) is 14.5 Å². The number of amides is 1. The van der Waals surface area contributed by atoms with Gasteiger partial charge in [-0.05, 0) is 48.6 Å². The summed E-state index contributed by atoms with van der Waals surface area (Å²) in [4.78, 5) is 18.6. The van der Waals surface area contributed by atoms with Gasteiger partial charge in [0, 0.05) is 42.9 Å². The van der Waals surface area contributed by atoms with Crippen molar-refractivity contribution in [3.63, 3.8) is 0 Å². The molecule has 1 saturated carbocycles. The molecule has 168 valence electrons. The molecule has 2 aromatic rings. The standard InChI is InChI=1S/C25H30N4O3/c1-17-14-21(17)28-25(27-19-7-10-22-23(15-19)32-13-3-12-31-22)26-16-18-5-8-20(9-6-18)29-11-2-4-24(29)30/h5-10,15,17,21H,2-4,11-14,16H2,1H3,(H2,26,27,28). The number of nitrogens with one attached hydrogen (secondary N) is 2. The highest BCUT2D eigenvalue weighted by atomic mass is 16.5. The molecule has 2 heterocycles. The first-order valence-corrected chi connectivity index (χ1v) is 11.5. The average molecular weight is 435 g/mol. The summed E-state index contributed by atoms with van der Waals surface area (Å²) >= 11 is 0. The number of guanidine groups is 1. The SMILES string of the molecule is CC1CC1NC(=NCc1ccc(N2CCCC2=O)cc1)Nc1ccc2c(c1)OCCCO2. The third-order valence-corrected chi connectivity index (χ3v) is 6.18. The van der Waals surface area contributed by atoms with Gasteiger partial charge in [-0.3, -0.25) is 4.79 Å². The Kier molecular flexibility index (Phi) is 5.88. The average Bonchev–Trinajstić information content (AvgIpc) is 3.41. The fourth-order valence-corrected chi connectivity index (χ4v) is 4.07. The second-order valence-electron chi connectivity index (χ2n) is 8.78. The van der Waals surface area contributed by atoms with Crippen molar-refractivity contribution in [2.75, 3.05) is 30.0 Å². The lowest BCUT2D eigenvalue weighted by Crippen LogP contribution is -2.33. The number of aliphatic imine (C=N–C) groups is 1. The molecule has 0 bridgehead atoms. The van der Waals surface area contributed by atoms with Crippen molar-refractivity contribution < 1.29 is 14.3 Å². The van der Waals surface area contributed by atoms with E-state index in [9.17, 15) is 4.79 Å². The molecule has 7 heteroatoms. The van der Waals surface area contributed by atoms with Crippen molar-refractivity contribution >= 4 is 23.2 Å². The van der Waals surface area contributed by atoms with E-state index in [1.165, 1.54) is 0 Å². The van der Waals surface area contributed by atoms with Gasteiger partial charge in [0.05, 0.1) is 19.8 Å². The van der Waals surface area contributed by atoms with Gasteiger partial charge in [0.1, 0.15) is 0 Å². The molecule has 32 heavy (non-hydrogen) atoms. The van der Waals surface area contributed by atoms with Crippen LogP contribution in [0.4, 0.5) is 11.4 Å². The Labute approximate surface area is 188 Å². The van der Waals surface area contributed by atoms with Crippen LogP contribution in [0.15, 0.2) is 47.5 Å². The maximum absolute atomic E-state index is 12.0. The highest BCUT2D eigenvalue weighted by Gasteiger charge is 2.33. The Hall–Kier alpha value is -3.22. The summed E-state index contributed by atoms with van der Waals surface area (Å²) in [6.45, 7) is 4.94. The molecule has 2 N–H and O–H groups in total. The van der Waals surface area contributed by atoms with Gasteiger partial charge in [0.15, 0.2) is 17.5 Å². The summed E-state index contributed by atoms with van der Waals surface area (Å²) in [6.07, 6.45) is 3.62. The van der Waals surface area contributed by atoms with Gasteiger partial charge < -0.3 is 25.0 Å². The molecule has 2 atom stereocenters. The van der Waals surface area contributed by atoms with E-state index in [1.807, 2.05) is 35.2 Å². The summed E-state index contributed by atoms with van der Waals surface area (Å²) in [5.74, 6) is 3.17. The Bertz CT molecular complexity index is 1000. The molecule has 1 amide bonds. The number of ether oxygens (including phenoxy) is 2. The third kappa shape index (κ3) is 4.82. The van der Waals surface area contributed by atoms with Gasteiger partial charge in [-0.1, -0.05) is 19.1 Å². The van der Waals surface area contributed by atoms with E-state index >= 15 is 0 Å². The monoisotopic (exact) mass is 434 g/mol. The number of fused-ring (bicyclic) bond motifs is 1. The maximum Gasteiger partial charge on any atom is 0.227 e. The topological polar surface area (TPSA) is 75.2 Å². The van der Waals surface area contributed by atoms with Crippen LogP contribution in [0.5, 0.6) is 11.5 Å². The fraction of sp³-hybridized carbons (Fsp3) is 0.440. The maximum atomic E-state index is 12.0. The van der Waals surface area contributed by atoms with Crippen LogP contribution in [0.25, 0.3) is 0 Å². The Morgan fingerprint density at radius 1 is 1.09 bits per heavy atom. The summed E-state index contributed by atoms with van der Waals surface area (Å²) in [5, 5.41) is 6.95. The Morgan fingerprint density at radius 3 is 2.59 bits per heavy atom. The minimum Gasteiger partial charge on any atom is -0.490 e. The number of nitrogens with zero attached hydrogens (tertiary/aromatic N) is 2. The van der Waals surface area contributed by atoms with Crippen LogP contribution in [0.2, 0.25) is 0 Å². The van der Waals surface area contributed by atoms with Gasteiger partial charge in [0.2, 0.25) is 5.91 Å². The zero-order valence-electron chi connectivity index (χ0n) is 18.5. The number of hydrogen-bond donors (Lipinski definition) is 2. The first-order valence-electron chi connectivity index (χ1n) is 11.5. The van der Waals surface area contributed by atoms with E-state index in [0.29, 0.717) is 38.1 Å². The van der Waals surface area contributed by atoms with E-state index in [1.54, 1.807) is 0 Å². The molecule has 2 unspecified atom stereocenters. The van der Waals surface area contributed by atoms with Crippen molar-refractivity contribution in [2.24, 2.45) is 10.9 Å². The van der Waals surface area contributed by atoms with E-state index in [2.05, 4.69) is 29.7 Å². The largest absolute Gasteiger partial charge is 0.490 e. The minimum absolute atomic E-state index is 0.208. The third-order valence-electron chi connectivity index (χ3n) is 6.18. The molecule has 2 aromatic carbocycles. The first-order chi connectivity index (χ1) is 15.7. The number of rotatable bonds is 5. The van der Waals surface area contributed by atoms with Crippen molar-refractivity contribution in [1.29, 1.82) is 0 Å². The number of carbonyl (C=O) groups is 1. The zero-order valence-corrected chi connectivity index (χ0v) is 18.5. The lowest BCUT2D eigenvalue weighted by molar-refractivity contribution is -0.117. The molecule has 0 spiro atoms. The van der Waals surface area contributed by atoms with Crippen LogP contribution in [0, 0.1) is 5.92 Å². The summed E-state index contributed by atoms with van der Waals surface area (Å²) in [5.41, 5.74) is 2.98. The van der Waals surface area contributed by atoms with Gasteiger partial charge in [0.25, 0.3) is 0 Å². The van der Waals surface area contributed by atoms with Gasteiger partial charge in [-0.15, -0.1) is 0 Å². The second kappa shape index (κ2) is 9.10. The summed E-state index contributed by atoms with van der Waals surface area (Å²) in [6, 6.07) is 14.5. The van der Waals surface area contributed by atoms with Crippen molar-refractivity contribution in [1.82, 2.24) is 5.32 Å². The predicted octanol–water partition coefficient (Wildman–Crippen LogP) is 3.94. The van der Waals surface area contributed by atoms with E-state index < -0.39 is 0 Å². The molecule has 3 aliphatic rings. The van der Waals surface area contributed by atoms with E-state index in [-0.39, 0.29) is 5.91 Å². The molecule has 1 aliphatic carbocycles. The lowest BCUT2D eigenvalue weighted by atomic mass is 10.2. The zero-order chi connectivity index (χ0) is 21.9. The normalized spacial score (nSPS) is 22.5. The van der Waals surface area contributed by atoms with Crippen LogP contribution in [0.1, 0.15) is 38.2 Å². The molecule has 0 aromatic heterocycles. The van der Waals surface area contributed by atoms with Crippen LogP contribution in [-0.2, 0) is 11.3 Å². The molecule has 0 radical (unpaired) electrons. The van der Waals surface area contributed by atoms with Gasteiger partial charge in [-0.2, -0.15) is 0 Å². The molecule has 1 saturated heterocycles. The van der Waals surface area contributed by atoms with Crippen LogP contribution >= 0.6 is 0 Å². The van der Waals surface area contributed by atoms with Crippen LogP contribution in [0.3, 0.4) is 0 Å². The van der Waals surface area contributed by atoms with Crippen molar-refractivity contribution in [3.05, 3.63) is 48.0 Å². The molecular weight excluding hydrogens is 404 g/mol. The number of hydrogen-bond acceptors (Lipinski definition) is 4. The minimum atomic E-state index is 0.208. The molecular formula is C25H30N4O3. The lowest BCUT2D eigenvalue weighted by Gasteiger charge is -2.16. The number of benzene rings is 2. The molecule has 7 nitrogen and oxygen atoms in total. The van der Waals surface area contributed by atoms with Gasteiger partial charge in [-0.25, -0.2) is 4.99 Å².